The Hall–Kier alpha value is -3.66. The number of pyridine rings is 2. The first-order valence-corrected chi connectivity index (χ1v) is 10.3. The van der Waals surface area contributed by atoms with E-state index in [0.717, 1.165) is 0 Å². The second-order valence-electron chi connectivity index (χ2n) is 7.21. The zero-order valence-electron chi connectivity index (χ0n) is 17.5. The van der Waals surface area contributed by atoms with Gasteiger partial charge >= 0.3 is 0 Å². The lowest BCUT2D eigenvalue weighted by Gasteiger charge is -2.26. The lowest BCUT2D eigenvalue weighted by Crippen LogP contribution is -2.49. The first-order chi connectivity index (χ1) is 15.6. The maximum Gasteiger partial charge on any atom is 0.262 e. The average molecular weight is 438 g/mol. The van der Waals surface area contributed by atoms with E-state index in [4.69, 9.17) is 9.47 Å². The molecule has 1 aliphatic rings. The third-order valence-corrected chi connectivity index (χ3v) is 4.77. The van der Waals surface area contributed by atoms with Gasteiger partial charge in [0.2, 0.25) is 0 Å². The van der Waals surface area contributed by atoms with E-state index in [1.807, 2.05) is 6.92 Å². The minimum atomic E-state index is -0.967. The lowest BCUT2D eigenvalue weighted by atomic mass is 10.1. The molecule has 0 radical (unpaired) electrons. The van der Waals surface area contributed by atoms with Crippen molar-refractivity contribution in [1.29, 1.82) is 0 Å². The van der Waals surface area contributed by atoms with Gasteiger partial charge in [0.15, 0.2) is 11.6 Å². The molecule has 1 unspecified atom stereocenters. The summed E-state index contributed by atoms with van der Waals surface area (Å²) in [7, 11) is 0. The molecule has 0 spiro atoms. The van der Waals surface area contributed by atoms with Crippen LogP contribution in [0.1, 0.15) is 23.7 Å². The lowest BCUT2D eigenvalue weighted by molar-refractivity contribution is 0.0918. The van der Waals surface area contributed by atoms with Crippen molar-refractivity contribution < 1.29 is 18.7 Å². The van der Waals surface area contributed by atoms with Gasteiger partial charge in [-0.05, 0) is 25.1 Å². The number of hydrogen-bond acceptors (Lipinski definition) is 8. The molecule has 1 saturated heterocycles. The number of rotatable bonds is 7. The number of nitrogens with zero attached hydrogens (tertiary/aromatic N) is 4. The number of halogens is 1. The summed E-state index contributed by atoms with van der Waals surface area (Å²) in [5.41, 5.74) is 0.907. The summed E-state index contributed by atoms with van der Waals surface area (Å²) in [5, 5.41) is 5.76. The van der Waals surface area contributed by atoms with Crippen LogP contribution in [0.2, 0.25) is 0 Å². The van der Waals surface area contributed by atoms with Crippen molar-refractivity contribution in [2.45, 2.75) is 25.6 Å². The van der Waals surface area contributed by atoms with Crippen LogP contribution in [0, 0.1) is 0 Å². The van der Waals surface area contributed by atoms with Gasteiger partial charge in [-0.2, -0.15) is 0 Å². The Labute approximate surface area is 184 Å². The number of nitrogens with one attached hydrogen (secondary N) is 2. The fourth-order valence-electron chi connectivity index (χ4n) is 3.29. The SMILES string of the molecule is CCOc1cccnc1Oc1cncc(-c2ncc(C(=O)N[C@H]3CNCC(F)C3)cn2)c1. The normalized spacial score (nSPS) is 18.1. The van der Waals surface area contributed by atoms with E-state index in [9.17, 15) is 9.18 Å². The van der Waals surface area contributed by atoms with Gasteiger partial charge < -0.3 is 20.1 Å². The number of aromatic nitrogens is 4. The molecule has 4 heterocycles. The van der Waals surface area contributed by atoms with Crippen molar-refractivity contribution >= 4 is 5.91 Å². The van der Waals surface area contributed by atoms with E-state index in [0.29, 0.717) is 54.0 Å². The van der Waals surface area contributed by atoms with E-state index in [1.165, 1.54) is 12.4 Å². The van der Waals surface area contributed by atoms with E-state index in [2.05, 4.69) is 30.6 Å². The van der Waals surface area contributed by atoms with Gasteiger partial charge in [0.1, 0.15) is 11.9 Å². The van der Waals surface area contributed by atoms with E-state index in [1.54, 1.807) is 36.8 Å². The van der Waals surface area contributed by atoms with Crippen LogP contribution in [0.3, 0.4) is 0 Å². The smallest absolute Gasteiger partial charge is 0.262 e. The van der Waals surface area contributed by atoms with Gasteiger partial charge in [-0.15, -0.1) is 0 Å². The highest BCUT2D eigenvalue weighted by atomic mass is 19.1. The number of alkyl halides is 1. The Bertz CT molecular complexity index is 1070. The molecule has 2 atom stereocenters. The molecule has 0 aliphatic carbocycles. The van der Waals surface area contributed by atoms with E-state index >= 15 is 0 Å². The number of carbonyl (C=O) groups is 1. The summed E-state index contributed by atoms with van der Waals surface area (Å²) in [6.07, 6.45) is 6.94. The van der Waals surface area contributed by atoms with Crippen LogP contribution in [0.5, 0.6) is 17.4 Å². The minimum Gasteiger partial charge on any atom is -0.488 e. The summed E-state index contributed by atoms with van der Waals surface area (Å²) in [5.74, 6) is 1.34. The highest BCUT2D eigenvalue weighted by molar-refractivity contribution is 5.93. The van der Waals surface area contributed by atoms with Crippen LogP contribution < -0.4 is 20.1 Å². The highest BCUT2D eigenvalue weighted by Crippen LogP contribution is 2.30. The van der Waals surface area contributed by atoms with Crippen molar-refractivity contribution in [2.24, 2.45) is 0 Å². The molecule has 10 heteroatoms. The van der Waals surface area contributed by atoms with Crippen molar-refractivity contribution in [3.8, 4) is 28.8 Å². The quantitative estimate of drug-likeness (QED) is 0.579. The topological polar surface area (TPSA) is 111 Å². The Morgan fingerprint density at radius 1 is 1.22 bits per heavy atom. The first kappa shape index (κ1) is 21.6. The number of ether oxygens (including phenoxy) is 2. The minimum absolute atomic E-state index is 0.267. The summed E-state index contributed by atoms with van der Waals surface area (Å²) >= 11 is 0. The maximum atomic E-state index is 13.5. The Morgan fingerprint density at radius 3 is 2.84 bits per heavy atom. The van der Waals surface area contributed by atoms with Gasteiger partial charge in [0.25, 0.3) is 11.8 Å². The average Bonchev–Trinajstić information content (AvgIpc) is 2.81. The Balaban J connectivity index is 1.45. The van der Waals surface area contributed by atoms with Gasteiger partial charge in [-0.25, -0.2) is 19.3 Å². The van der Waals surface area contributed by atoms with Gasteiger partial charge in [-0.3, -0.25) is 9.78 Å². The molecule has 32 heavy (non-hydrogen) atoms. The number of hydrogen-bond donors (Lipinski definition) is 2. The second-order valence-corrected chi connectivity index (χ2v) is 7.21. The third-order valence-electron chi connectivity index (χ3n) is 4.77. The van der Waals surface area contributed by atoms with Crippen LogP contribution in [-0.2, 0) is 0 Å². The van der Waals surface area contributed by atoms with Gasteiger partial charge in [0, 0.05) is 55.9 Å². The molecule has 1 amide bonds. The fraction of sp³-hybridized carbons (Fsp3) is 0.318. The molecular weight excluding hydrogens is 415 g/mol. The van der Waals surface area contributed by atoms with Crippen molar-refractivity contribution in [1.82, 2.24) is 30.6 Å². The second kappa shape index (κ2) is 10.1. The van der Waals surface area contributed by atoms with Crippen LogP contribution >= 0.6 is 0 Å². The molecule has 1 fully saturated rings. The standard InChI is InChI=1S/C22H23FN6O3/c1-2-31-19-4-3-5-26-22(19)32-18-6-14(8-24-13-18)20-27-9-15(10-28-20)21(30)29-17-7-16(23)11-25-12-17/h3-6,8-10,13,16-17,25H,2,7,11-12H2,1H3,(H,29,30)/t16?,17-/m1/s1. The summed E-state index contributed by atoms with van der Waals surface area (Å²) in [4.78, 5) is 29.3. The molecule has 0 aromatic carbocycles. The molecule has 3 aromatic heterocycles. The summed E-state index contributed by atoms with van der Waals surface area (Å²) in [6, 6.07) is 4.99. The summed E-state index contributed by atoms with van der Waals surface area (Å²) in [6.45, 7) is 3.21. The zero-order valence-corrected chi connectivity index (χ0v) is 17.5. The van der Waals surface area contributed by atoms with E-state index in [-0.39, 0.29) is 18.4 Å². The van der Waals surface area contributed by atoms with Gasteiger partial charge in [0.05, 0.1) is 18.4 Å². The summed E-state index contributed by atoms with van der Waals surface area (Å²) < 4.78 is 24.8. The Morgan fingerprint density at radius 2 is 2.06 bits per heavy atom. The predicted octanol–water partition coefficient (Wildman–Crippen LogP) is 2.55. The van der Waals surface area contributed by atoms with Crippen LogP contribution in [0.4, 0.5) is 4.39 Å². The zero-order chi connectivity index (χ0) is 22.3. The largest absolute Gasteiger partial charge is 0.488 e. The first-order valence-electron chi connectivity index (χ1n) is 10.3. The molecule has 3 aromatic rings. The molecule has 4 rings (SSSR count). The molecule has 1 aliphatic heterocycles. The van der Waals surface area contributed by atoms with Crippen LogP contribution in [0.25, 0.3) is 11.4 Å². The van der Waals surface area contributed by atoms with Gasteiger partial charge in [-0.1, -0.05) is 0 Å². The third kappa shape index (κ3) is 5.33. The fourth-order valence-corrected chi connectivity index (χ4v) is 3.29. The molecule has 0 bridgehead atoms. The van der Waals surface area contributed by atoms with Crippen LogP contribution in [-0.4, -0.2) is 57.8 Å². The molecule has 166 valence electrons. The monoisotopic (exact) mass is 438 g/mol. The maximum absolute atomic E-state index is 13.5. The molecular formula is C22H23FN6O3. The Kier molecular flexibility index (Phi) is 6.81. The van der Waals surface area contributed by atoms with Crippen molar-refractivity contribution in [2.75, 3.05) is 19.7 Å². The molecule has 2 N–H and O–H groups in total. The number of amides is 1. The molecule has 0 saturated carbocycles. The molecule has 9 nitrogen and oxygen atoms in total. The number of carbonyl (C=O) groups excluding carboxylic acids is 1. The van der Waals surface area contributed by atoms with Crippen molar-refractivity contribution in [3.05, 3.63) is 54.7 Å². The number of piperidine rings is 1. The highest BCUT2D eigenvalue weighted by Gasteiger charge is 2.23. The van der Waals surface area contributed by atoms with Crippen LogP contribution in [0.15, 0.2) is 49.2 Å². The van der Waals surface area contributed by atoms with E-state index < -0.39 is 6.17 Å². The predicted molar refractivity (Wildman–Crippen MR) is 114 cm³/mol. The van der Waals surface area contributed by atoms with Crippen molar-refractivity contribution in [3.63, 3.8) is 0 Å².